The Balaban J connectivity index is 1.77. The van der Waals surface area contributed by atoms with E-state index in [1.807, 2.05) is 30.4 Å². The van der Waals surface area contributed by atoms with E-state index >= 15 is 0 Å². The maximum atomic E-state index is 12.9. The van der Waals surface area contributed by atoms with Gasteiger partial charge in [0.05, 0.1) is 25.5 Å². The van der Waals surface area contributed by atoms with Crippen molar-refractivity contribution in [3.63, 3.8) is 0 Å². The molecule has 142 valence electrons. The molecule has 0 aliphatic carbocycles. The number of thioether (sulfide) groups is 1. The molecule has 1 fully saturated rings. The molecular weight excluding hydrogens is 354 g/mol. The number of rotatable bonds is 6. The van der Waals surface area contributed by atoms with Gasteiger partial charge >= 0.3 is 16.7 Å². The molecule has 2 heterocycles. The number of carbonyl (C=O) groups is 2. The summed E-state index contributed by atoms with van der Waals surface area (Å²) in [5, 5.41) is 4.72. The van der Waals surface area contributed by atoms with E-state index in [9.17, 15) is 9.59 Å². The van der Waals surface area contributed by atoms with Crippen LogP contribution in [0.15, 0.2) is 23.1 Å². The maximum Gasteiger partial charge on any atom is 0.390 e. The van der Waals surface area contributed by atoms with Crippen LogP contribution in [0.3, 0.4) is 0 Å². The van der Waals surface area contributed by atoms with E-state index < -0.39 is 10.8 Å². The molecule has 4 N–H and O–H groups in total. The molecule has 0 aromatic heterocycles. The van der Waals surface area contributed by atoms with Gasteiger partial charge in [-0.25, -0.2) is 4.79 Å². The van der Waals surface area contributed by atoms with Gasteiger partial charge in [-0.05, 0) is 43.3 Å². The molecule has 7 nitrogen and oxygen atoms in total. The average Bonchev–Trinajstić information content (AvgIpc) is 2.63. The van der Waals surface area contributed by atoms with Crippen molar-refractivity contribution in [2.24, 2.45) is 0 Å². The first-order valence-corrected chi connectivity index (χ1v) is 9.91. The quantitative estimate of drug-likeness (QED) is 0.425. The summed E-state index contributed by atoms with van der Waals surface area (Å²) in [6.07, 6.45) is 0. The number of quaternary nitrogens is 2. The number of nitrogens with two attached hydrogens (primary N) is 1. The summed E-state index contributed by atoms with van der Waals surface area (Å²) in [7, 11) is 0. The van der Waals surface area contributed by atoms with E-state index in [-0.39, 0.29) is 12.5 Å². The number of benzene rings is 1. The molecular formula is C18H27N3O4S+2. The molecule has 0 unspecified atom stereocenters. The Kier molecular flexibility index (Phi) is 6.18. The van der Waals surface area contributed by atoms with Crippen LogP contribution in [0.5, 0.6) is 0 Å². The highest BCUT2D eigenvalue weighted by Gasteiger charge is 2.55. The molecule has 0 spiro atoms. The fraction of sp³-hybridized carbons (Fsp3) is 0.556. The van der Waals surface area contributed by atoms with E-state index in [4.69, 9.17) is 9.47 Å². The third kappa shape index (κ3) is 4.03. The minimum atomic E-state index is -1.33. The number of nitrogens with one attached hydrogen (secondary N) is 2. The van der Waals surface area contributed by atoms with Crippen LogP contribution in [0, 0.1) is 6.92 Å². The van der Waals surface area contributed by atoms with Gasteiger partial charge in [-0.3, -0.25) is 4.79 Å². The van der Waals surface area contributed by atoms with Crippen LogP contribution in [0.2, 0.25) is 0 Å². The van der Waals surface area contributed by atoms with Crippen molar-refractivity contribution < 1.29 is 29.3 Å². The fourth-order valence-corrected chi connectivity index (χ4v) is 4.54. The van der Waals surface area contributed by atoms with Gasteiger partial charge in [0.15, 0.2) is 0 Å². The average molecular weight is 381 g/mol. The zero-order valence-electron chi connectivity index (χ0n) is 15.3. The molecule has 0 bridgehead atoms. The number of esters is 1. The second-order valence-electron chi connectivity index (χ2n) is 6.62. The normalized spacial score (nSPS) is 23.2. The Morgan fingerprint density at radius 1 is 1.42 bits per heavy atom. The molecule has 2 aliphatic heterocycles. The molecule has 1 saturated heterocycles. The lowest BCUT2D eigenvalue weighted by Crippen LogP contribution is -3.17. The summed E-state index contributed by atoms with van der Waals surface area (Å²) in [4.78, 5) is 26.6. The van der Waals surface area contributed by atoms with Crippen LogP contribution in [0.25, 0.3) is 0 Å². The van der Waals surface area contributed by atoms with Crippen molar-refractivity contribution in [2.75, 3.05) is 51.3 Å². The summed E-state index contributed by atoms with van der Waals surface area (Å²) in [5.41, 5.74) is 1.83. The van der Waals surface area contributed by atoms with Crippen LogP contribution in [-0.2, 0) is 19.1 Å². The van der Waals surface area contributed by atoms with Crippen molar-refractivity contribution in [2.45, 2.75) is 23.6 Å². The summed E-state index contributed by atoms with van der Waals surface area (Å²) in [5.74, 6) is -0.819. The standard InChI is InChI=1S/C18H25N3O4S/c1-3-25-17(23)18(19-6-7-21-8-10-24-11-9-21)16(22)20-14-5-4-13(2)12-15(14)26-18/h4-5,12,19H,3,6-11H2,1-2H3,(H,20,22)/p+2/t18-/m1/s1. The van der Waals surface area contributed by atoms with Crippen LogP contribution < -0.4 is 15.5 Å². The van der Waals surface area contributed by atoms with Gasteiger partial charge in [0.1, 0.15) is 26.2 Å². The summed E-state index contributed by atoms with van der Waals surface area (Å²) in [6, 6.07) is 5.82. The van der Waals surface area contributed by atoms with Crippen LogP contribution in [-0.4, -0.2) is 62.7 Å². The lowest BCUT2D eigenvalue weighted by atomic mass is 10.2. The first-order chi connectivity index (χ1) is 12.5. The molecule has 0 radical (unpaired) electrons. The molecule has 1 aromatic rings. The second-order valence-corrected chi connectivity index (χ2v) is 7.90. The Morgan fingerprint density at radius 2 is 2.19 bits per heavy atom. The number of amides is 1. The Bertz CT molecular complexity index is 678. The largest absolute Gasteiger partial charge is 0.460 e. The molecule has 1 aromatic carbocycles. The van der Waals surface area contributed by atoms with Crippen molar-refractivity contribution in [3.05, 3.63) is 23.8 Å². The third-order valence-corrected chi connectivity index (χ3v) is 6.10. The number of aryl methyl sites for hydroxylation is 1. The zero-order valence-corrected chi connectivity index (χ0v) is 16.1. The minimum absolute atomic E-state index is 0.248. The molecule has 3 rings (SSSR count). The SMILES string of the molecule is CCOC(=O)[C@]1([NH2+]CC[NH+]2CCOCC2)Sc2cc(C)ccc2NC1=O. The van der Waals surface area contributed by atoms with Crippen LogP contribution in [0.1, 0.15) is 12.5 Å². The minimum Gasteiger partial charge on any atom is -0.460 e. The Labute approximate surface area is 157 Å². The maximum absolute atomic E-state index is 12.9. The topological polar surface area (TPSA) is 85.7 Å². The summed E-state index contributed by atoms with van der Waals surface area (Å²) >= 11 is 1.29. The number of fused-ring (bicyclic) bond motifs is 1. The number of carbonyl (C=O) groups excluding carboxylic acids is 2. The van der Waals surface area contributed by atoms with Gasteiger partial charge in [-0.1, -0.05) is 6.07 Å². The monoisotopic (exact) mass is 381 g/mol. The van der Waals surface area contributed by atoms with Gasteiger partial charge in [0.25, 0.3) is 0 Å². The van der Waals surface area contributed by atoms with Crippen LogP contribution >= 0.6 is 11.8 Å². The van der Waals surface area contributed by atoms with Crippen molar-refractivity contribution in [3.8, 4) is 0 Å². The molecule has 1 atom stereocenters. The van der Waals surface area contributed by atoms with Crippen molar-refractivity contribution in [1.29, 1.82) is 0 Å². The van der Waals surface area contributed by atoms with E-state index in [0.29, 0.717) is 6.54 Å². The molecule has 8 heteroatoms. The third-order valence-electron chi connectivity index (χ3n) is 4.70. The van der Waals surface area contributed by atoms with E-state index in [1.165, 1.54) is 16.7 Å². The smallest absolute Gasteiger partial charge is 0.390 e. The van der Waals surface area contributed by atoms with Crippen molar-refractivity contribution in [1.82, 2.24) is 0 Å². The molecule has 26 heavy (non-hydrogen) atoms. The zero-order chi connectivity index (χ0) is 18.6. The van der Waals surface area contributed by atoms with E-state index in [2.05, 4.69) is 5.32 Å². The van der Waals surface area contributed by atoms with E-state index in [1.54, 1.807) is 6.92 Å². The Morgan fingerprint density at radius 3 is 2.92 bits per heavy atom. The predicted molar refractivity (Wildman–Crippen MR) is 98.2 cm³/mol. The van der Waals surface area contributed by atoms with Gasteiger partial charge in [-0.2, -0.15) is 0 Å². The highest BCUT2D eigenvalue weighted by atomic mass is 32.2. The molecule has 0 saturated carbocycles. The number of hydrogen-bond donors (Lipinski definition) is 3. The lowest BCUT2D eigenvalue weighted by molar-refractivity contribution is -0.920. The van der Waals surface area contributed by atoms with Crippen LogP contribution in [0.4, 0.5) is 5.69 Å². The lowest BCUT2D eigenvalue weighted by Gasteiger charge is -2.32. The summed E-state index contributed by atoms with van der Waals surface area (Å²) < 4.78 is 10.6. The van der Waals surface area contributed by atoms with Crippen molar-refractivity contribution >= 4 is 29.3 Å². The molecule has 1 amide bonds. The molecule has 2 aliphatic rings. The summed E-state index contributed by atoms with van der Waals surface area (Å²) in [6.45, 7) is 8.98. The number of morpholine rings is 1. The number of anilines is 1. The first kappa shape index (κ1) is 19.2. The predicted octanol–water partition coefficient (Wildman–Crippen LogP) is -1.22. The van der Waals surface area contributed by atoms with E-state index in [0.717, 1.165) is 49.0 Å². The highest BCUT2D eigenvalue weighted by Crippen LogP contribution is 2.40. The second kappa shape index (κ2) is 8.39. The van der Waals surface area contributed by atoms with Gasteiger partial charge in [-0.15, -0.1) is 0 Å². The first-order valence-electron chi connectivity index (χ1n) is 9.09. The number of ether oxygens (including phenoxy) is 2. The van der Waals surface area contributed by atoms with Gasteiger partial charge < -0.3 is 25.0 Å². The highest BCUT2D eigenvalue weighted by molar-refractivity contribution is 8.02. The fourth-order valence-electron chi connectivity index (χ4n) is 3.23. The Hall–Kier alpha value is -1.61. The van der Waals surface area contributed by atoms with Gasteiger partial charge in [0, 0.05) is 4.90 Å². The van der Waals surface area contributed by atoms with Gasteiger partial charge in [0.2, 0.25) is 0 Å². The number of hydrogen-bond acceptors (Lipinski definition) is 5.